The van der Waals surface area contributed by atoms with E-state index >= 15 is 0 Å². The van der Waals surface area contributed by atoms with E-state index in [2.05, 4.69) is 5.32 Å². The Balaban J connectivity index is 1.74. The fraction of sp³-hybridized carbons (Fsp3) is 0.263. The first-order chi connectivity index (χ1) is 11.5. The van der Waals surface area contributed by atoms with Gasteiger partial charge in [-0.2, -0.15) is 0 Å². The summed E-state index contributed by atoms with van der Waals surface area (Å²) in [5.41, 5.74) is 3.73. The van der Waals surface area contributed by atoms with Crippen LogP contribution in [-0.4, -0.2) is 18.4 Å². The number of anilines is 2. The number of carbonyl (C=O) groups excluding carboxylic acids is 2. The van der Waals surface area contributed by atoms with Gasteiger partial charge in [-0.1, -0.05) is 29.8 Å². The molecule has 5 heteroatoms. The largest absolute Gasteiger partial charge is 0.326 e. The van der Waals surface area contributed by atoms with Crippen LogP contribution in [0.3, 0.4) is 0 Å². The maximum atomic E-state index is 12.5. The van der Waals surface area contributed by atoms with Gasteiger partial charge >= 0.3 is 0 Å². The topological polar surface area (TPSA) is 49.4 Å². The molecule has 1 saturated heterocycles. The third-order valence-electron chi connectivity index (χ3n) is 4.45. The van der Waals surface area contributed by atoms with Crippen molar-refractivity contribution in [1.82, 2.24) is 0 Å². The molecular formula is C19H19ClN2O2. The second-order valence-electron chi connectivity index (χ2n) is 6.12. The van der Waals surface area contributed by atoms with Crippen molar-refractivity contribution in [3.05, 3.63) is 58.6 Å². The molecule has 4 nitrogen and oxygen atoms in total. The van der Waals surface area contributed by atoms with Crippen LogP contribution in [0, 0.1) is 19.8 Å². The van der Waals surface area contributed by atoms with Crippen LogP contribution in [0.15, 0.2) is 42.5 Å². The van der Waals surface area contributed by atoms with Crippen LogP contribution in [0.2, 0.25) is 5.02 Å². The number of nitrogens with one attached hydrogen (secondary N) is 1. The predicted molar refractivity (Wildman–Crippen MR) is 96.5 cm³/mol. The summed E-state index contributed by atoms with van der Waals surface area (Å²) < 4.78 is 0. The van der Waals surface area contributed by atoms with Crippen LogP contribution in [0.25, 0.3) is 0 Å². The van der Waals surface area contributed by atoms with Crippen LogP contribution in [0.4, 0.5) is 11.4 Å². The molecule has 1 heterocycles. The number of aryl methyl sites for hydroxylation is 1. The first-order valence-electron chi connectivity index (χ1n) is 7.88. The summed E-state index contributed by atoms with van der Waals surface area (Å²) in [4.78, 5) is 26.6. The van der Waals surface area contributed by atoms with Crippen molar-refractivity contribution < 1.29 is 9.59 Å². The van der Waals surface area contributed by atoms with Crippen LogP contribution < -0.4 is 10.2 Å². The highest BCUT2D eigenvalue weighted by Crippen LogP contribution is 2.30. The molecule has 1 fully saturated rings. The monoisotopic (exact) mass is 342 g/mol. The predicted octanol–water partition coefficient (Wildman–Crippen LogP) is 3.95. The Morgan fingerprint density at radius 1 is 1.21 bits per heavy atom. The van der Waals surface area contributed by atoms with Crippen molar-refractivity contribution in [2.24, 2.45) is 5.92 Å². The van der Waals surface area contributed by atoms with E-state index in [4.69, 9.17) is 11.6 Å². The molecule has 2 aromatic rings. The van der Waals surface area contributed by atoms with Crippen molar-refractivity contribution in [2.45, 2.75) is 20.3 Å². The zero-order chi connectivity index (χ0) is 17.3. The molecule has 1 atom stereocenters. The first-order valence-corrected chi connectivity index (χ1v) is 8.26. The molecule has 1 N–H and O–H groups in total. The van der Waals surface area contributed by atoms with Gasteiger partial charge in [0.2, 0.25) is 11.8 Å². The Bertz CT molecular complexity index is 804. The van der Waals surface area contributed by atoms with E-state index in [9.17, 15) is 9.59 Å². The lowest BCUT2D eigenvalue weighted by molar-refractivity contribution is -0.122. The van der Waals surface area contributed by atoms with Gasteiger partial charge in [0.05, 0.1) is 5.92 Å². The Labute approximate surface area is 146 Å². The molecule has 0 spiro atoms. The lowest BCUT2D eigenvalue weighted by Crippen LogP contribution is -2.28. The number of hydrogen-bond donors (Lipinski definition) is 1. The van der Waals surface area contributed by atoms with Crippen molar-refractivity contribution >= 4 is 34.8 Å². The minimum Gasteiger partial charge on any atom is -0.326 e. The maximum absolute atomic E-state index is 12.5. The van der Waals surface area contributed by atoms with Crippen molar-refractivity contribution in [3.8, 4) is 0 Å². The molecule has 3 rings (SSSR count). The first kappa shape index (κ1) is 16.5. The fourth-order valence-corrected chi connectivity index (χ4v) is 3.14. The zero-order valence-electron chi connectivity index (χ0n) is 13.7. The van der Waals surface area contributed by atoms with Gasteiger partial charge in [0.1, 0.15) is 0 Å². The molecule has 0 aromatic heterocycles. The second kappa shape index (κ2) is 6.65. The summed E-state index contributed by atoms with van der Waals surface area (Å²) in [6.07, 6.45) is 0.222. The number of halogens is 1. The van der Waals surface area contributed by atoms with E-state index < -0.39 is 0 Å². The molecule has 0 bridgehead atoms. The molecule has 0 radical (unpaired) electrons. The number of hydrogen-bond acceptors (Lipinski definition) is 2. The van der Waals surface area contributed by atoms with Crippen molar-refractivity contribution in [1.29, 1.82) is 0 Å². The van der Waals surface area contributed by atoms with Gasteiger partial charge in [0.25, 0.3) is 0 Å². The summed E-state index contributed by atoms with van der Waals surface area (Å²) in [5, 5.41) is 3.40. The highest BCUT2D eigenvalue weighted by molar-refractivity contribution is 6.30. The molecule has 0 aliphatic carbocycles. The van der Waals surface area contributed by atoms with E-state index in [0.29, 0.717) is 17.3 Å². The molecule has 1 aliphatic heterocycles. The second-order valence-corrected chi connectivity index (χ2v) is 6.56. The molecule has 1 unspecified atom stereocenters. The Morgan fingerprint density at radius 3 is 2.71 bits per heavy atom. The number of amides is 2. The molecule has 124 valence electrons. The van der Waals surface area contributed by atoms with E-state index in [1.807, 2.05) is 32.0 Å². The van der Waals surface area contributed by atoms with E-state index in [1.165, 1.54) is 0 Å². The third-order valence-corrected chi connectivity index (χ3v) is 4.69. The SMILES string of the molecule is Cc1cccc(N2CC(C(=O)Nc3cccc(Cl)c3)CC2=O)c1C. The Hall–Kier alpha value is -2.33. The van der Waals surface area contributed by atoms with Gasteiger partial charge in [-0.25, -0.2) is 0 Å². The van der Waals surface area contributed by atoms with Crippen LogP contribution in [0.1, 0.15) is 17.5 Å². The quantitative estimate of drug-likeness (QED) is 0.918. The Kier molecular flexibility index (Phi) is 4.58. The smallest absolute Gasteiger partial charge is 0.229 e. The highest BCUT2D eigenvalue weighted by Gasteiger charge is 2.35. The van der Waals surface area contributed by atoms with Crippen LogP contribution in [0.5, 0.6) is 0 Å². The van der Waals surface area contributed by atoms with Gasteiger partial charge in [0, 0.05) is 29.4 Å². The summed E-state index contributed by atoms with van der Waals surface area (Å²) in [6.45, 7) is 4.41. The fourth-order valence-electron chi connectivity index (χ4n) is 2.95. The molecule has 2 aromatic carbocycles. The minimum absolute atomic E-state index is 0.0186. The van der Waals surface area contributed by atoms with E-state index in [-0.39, 0.29) is 24.2 Å². The summed E-state index contributed by atoms with van der Waals surface area (Å²) in [6, 6.07) is 12.9. The molecule has 1 aliphatic rings. The molecule has 0 saturated carbocycles. The van der Waals surface area contributed by atoms with Gasteiger partial charge < -0.3 is 10.2 Å². The molecule has 24 heavy (non-hydrogen) atoms. The summed E-state index contributed by atoms with van der Waals surface area (Å²) in [7, 11) is 0. The average Bonchev–Trinajstić information content (AvgIpc) is 2.92. The normalized spacial score (nSPS) is 17.2. The number of nitrogens with zero attached hydrogens (tertiary/aromatic N) is 1. The van der Waals surface area contributed by atoms with Gasteiger partial charge in [0.15, 0.2) is 0 Å². The van der Waals surface area contributed by atoms with Crippen molar-refractivity contribution in [2.75, 3.05) is 16.8 Å². The van der Waals surface area contributed by atoms with E-state index in [0.717, 1.165) is 16.8 Å². The maximum Gasteiger partial charge on any atom is 0.229 e. The lowest BCUT2D eigenvalue weighted by atomic mass is 10.1. The van der Waals surface area contributed by atoms with Crippen LogP contribution in [-0.2, 0) is 9.59 Å². The van der Waals surface area contributed by atoms with Crippen LogP contribution >= 0.6 is 11.6 Å². The summed E-state index contributed by atoms with van der Waals surface area (Å²) >= 11 is 5.93. The number of rotatable bonds is 3. The zero-order valence-corrected chi connectivity index (χ0v) is 14.4. The lowest BCUT2D eigenvalue weighted by Gasteiger charge is -2.20. The van der Waals surface area contributed by atoms with E-state index in [1.54, 1.807) is 29.2 Å². The third kappa shape index (κ3) is 3.29. The Morgan fingerprint density at radius 2 is 1.96 bits per heavy atom. The standard InChI is InChI=1S/C19H19ClN2O2/c1-12-5-3-8-17(13(12)2)22-11-14(9-18(22)23)19(24)21-16-7-4-6-15(20)10-16/h3-8,10,14H,9,11H2,1-2H3,(H,21,24). The highest BCUT2D eigenvalue weighted by atomic mass is 35.5. The van der Waals surface area contributed by atoms with Gasteiger partial charge in [-0.15, -0.1) is 0 Å². The van der Waals surface area contributed by atoms with Crippen molar-refractivity contribution in [3.63, 3.8) is 0 Å². The molecule has 2 amide bonds. The van der Waals surface area contributed by atoms with Gasteiger partial charge in [-0.3, -0.25) is 9.59 Å². The number of carbonyl (C=O) groups is 2. The summed E-state index contributed by atoms with van der Waals surface area (Å²) in [5.74, 6) is -0.537. The molecular weight excluding hydrogens is 324 g/mol. The minimum atomic E-state index is -0.364. The average molecular weight is 343 g/mol. The van der Waals surface area contributed by atoms with Gasteiger partial charge in [-0.05, 0) is 49.2 Å². The number of benzene rings is 2.